The molecule has 0 bridgehead atoms. The molecule has 0 amide bonds. The average Bonchev–Trinajstić information content (AvgIpc) is 2.65. The smallest absolute Gasteiger partial charge is 0.193 e. The highest BCUT2D eigenvalue weighted by atomic mass is 32.2. The first-order valence-electron chi connectivity index (χ1n) is 7.74. The zero-order valence-electron chi connectivity index (χ0n) is 13.6. The van der Waals surface area contributed by atoms with Gasteiger partial charge in [0.1, 0.15) is 5.03 Å². The van der Waals surface area contributed by atoms with E-state index in [0.29, 0.717) is 10.3 Å². The number of aromatic nitrogens is 3. The van der Waals surface area contributed by atoms with E-state index in [1.54, 1.807) is 24.7 Å². The molecule has 7 heteroatoms. The van der Waals surface area contributed by atoms with E-state index in [1.165, 1.54) is 17.3 Å². The van der Waals surface area contributed by atoms with Crippen molar-refractivity contribution in [3.05, 3.63) is 72.7 Å². The van der Waals surface area contributed by atoms with E-state index in [9.17, 15) is 0 Å². The van der Waals surface area contributed by atoms with Gasteiger partial charge >= 0.3 is 0 Å². The first-order chi connectivity index (χ1) is 12.2. The number of thiocarbonyl (C=S) groups is 1. The third kappa shape index (κ3) is 5.23. The fourth-order valence-corrected chi connectivity index (χ4v) is 3.09. The van der Waals surface area contributed by atoms with Crippen LogP contribution in [0.5, 0.6) is 0 Å². The molecule has 2 heterocycles. The Morgan fingerprint density at radius 2 is 1.76 bits per heavy atom. The van der Waals surface area contributed by atoms with Crippen LogP contribution >= 0.6 is 24.0 Å². The molecule has 1 atom stereocenters. The van der Waals surface area contributed by atoms with Gasteiger partial charge in [-0.3, -0.25) is 0 Å². The number of hydrogen-bond donors (Lipinski definition) is 2. The lowest BCUT2D eigenvalue weighted by Crippen LogP contribution is -2.30. The van der Waals surface area contributed by atoms with Crippen molar-refractivity contribution in [2.45, 2.75) is 23.1 Å². The first-order valence-corrected chi connectivity index (χ1v) is 8.96. The van der Waals surface area contributed by atoms with Crippen molar-refractivity contribution >= 4 is 34.8 Å². The van der Waals surface area contributed by atoms with Crippen LogP contribution in [0.25, 0.3) is 0 Å². The molecule has 0 saturated heterocycles. The third-order valence-corrected chi connectivity index (χ3v) is 4.44. The first kappa shape index (κ1) is 17.3. The maximum Gasteiger partial charge on any atom is 0.193 e. The second kappa shape index (κ2) is 8.55. The Bertz CT molecular complexity index is 810. The zero-order chi connectivity index (χ0) is 17.5. The lowest BCUT2D eigenvalue weighted by Gasteiger charge is -2.17. The zero-order valence-corrected chi connectivity index (χ0v) is 15.2. The van der Waals surface area contributed by atoms with Crippen LogP contribution in [0.15, 0.2) is 77.3 Å². The summed E-state index contributed by atoms with van der Waals surface area (Å²) in [6.45, 7) is 2.07. The summed E-state index contributed by atoms with van der Waals surface area (Å²) in [5.74, 6) is 0. The Labute approximate surface area is 156 Å². The molecule has 25 heavy (non-hydrogen) atoms. The molecule has 1 aromatic carbocycles. The quantitative estimate of drug-likeness (QED) is 0.520. The van der Waals surface area contributed by atoms with Gasteiger partial charge in [0.25, 0.3) is 0 Å². The number of hydrogen-bond acceptors (Lipinski definition) is 5. The van der Waals surface area contributed by atoms with Crippen LogP contribution in [0.2, 0.25) is 0 Å². The highest BCUT2D eigenvalue weighted by molar-refractivity contribution is 7.99. The van der Waals surface area contributed by atoms with Crippen LogP contribution in [0, 0.1) is 0 Å². The van der Waals surface area contributed by atoms with Gasteiger partial charge in [-0.2, -0.15) is 0 Å². The number of rotatable bonds is 5. The minimum Gasteiger partial charge on any atom is -0.356 e. The molecule has 0 aliphatic carbocycles. The van der Waals surface area contributed by atoms with Crippen LogP contribution in [-0.4, -0.2) is 20.1 Å². The molecule has 0 fully saturated rings. The summed E-state index contributed by atoms with van der Waals surface area (Å²) < 4.78 is 0. The van der Waals surface area contributed by atoms with Crippen molar-refractivity contribution < 1.29 is 0 Å². The molecule has 0 aliphatic rings. The third-order valence-electron chi connectivity index (χ3n) is 3.38. The van der Waals surface area contributed by atoms with E-state index in [1.807, 2.05) is 30.3 Å². The fraction of sp³-hybridized carbons (Fsp3) is 0.111. The van der Waals surface area contributed by atoms with Crippen molar-refractivity contribution in [2.75, 3.05) is 5.32 Å². The van der Waals surface area contributed by atoms with Gasteiger partial charge < -0.3 is 10.6 Å². The van der Waals surface area contributed by atoms with Gasteiger partial charge in [0.2, 0.25) is 0 Å². The van der Waals surface area contributed by atoms with Gasteiger partial charge in [-0.15, -0.1) is 0 Å². The highest BCUT2D eigenvalue weighted by Crippen LogP contribution is 2.22. The Hall–Kier alpha value is -2.51. The van der Waals surface area contributed by atoms with Crippen LogP contribution < -0.4 is 10.6 Å². The molecular formula is C18H17N5S2. The SMILES string of the molecule is CC(NC(=S)Nc1ccc(Sc2ncccn2)nc1)c1ccccc1. The summed E-state index contributed by atoms with van der Waals surface area (Å²) >= 11 is 6.79. The van der Waals surface area contributed by atoms with Gasteiger partial charge in [0.05, 0.1) is 17.9 Å². The van der Waals surface area contributed by atoms with Gasteiger partial charge in [-0.1, -0.05) is 30.3 Å². The van der Waals surface area contributed by atoms with Crippen molar-refractivity contribution in [3.63, 3.8) is 0 Å². The Morgan fingerprint density at radius 1 is 1.00 bits per heavy atom. The van der Waals surface area contributed by atoms with Crippen LogP contribution in [-0.2, 0) is 0 Å². The number of pyridine rings is 1. The summed E-state index contributed by atoms with van der Waals surface area (Å²) in [7, 11) is 0. The number of anilines is 1. The van der Waals surface area contributed by atoms with E-state index in [-0.39, 0.29) is 6.04 Å². The number of nitrogens with one attached hydrogen (secondary N) is 2. The van der Waals surface area contributed by atoms with E-state index >= 15 is 0 Å². The molecule has 0 saturated carbocycles. The maximum absolute atomic E-state index is 5.37. The summed E-state index contributed by atoms with van der Waals surface area (Å²) in [4.78, 5) is 12.7. The molecular weight excluding hydrogens is 350 g/mol. The topological polar surface area (TPSA) is 62.7 Å². The normalized spacial score (nSPS) is 11.6. The van der Waals surface area contributed by atoms with Gasteiger partial charge in [-0.25, -0.2) is 15.0 Å². The van der Waals surface area contributed by atoms with E-state index in [4.69, 9.17) is 12.2 Å². The molecule has 5 nitrogen and oxygen atoms in total. The van der Waals surface area contributed by atoms with Crippen LogP contribution in [0.3, 0.4) is 0 Å². The van der Waals surface area contributed by atoms with E-state index in [0.717, 1.165) is 10.7 Å². The molecule has 3 rings (SSSR count). The Morgan fingerprint density at radius 3 is 2.44 bits per heavy atom. The minimum absolute atomic E-state index is 0.124. The molecule has 3 aromatic rings. The monoisotopic (exact) mass is 367 g/mol. The average molecular weight is 368 g/mol. The minimum atomic E-state index is 0.124. The van der Waals surface area contributed by atoms with Gasteiger partial charge in [0.15, 0.2) is 10.3 Å². The van der Waals surface area contributed by atoms with Crippen LogP contribution in [0.4, 0.5) is 5.69 Å². The second-order valence-electron chi connectivity index (χ2n) is 5.25. The lowest BCUT2D eigenvalue weighted by molar-refractivity contribution is 0.722. The molecule has 126 valence electrons. The second-order valence-corrected chi connectivity index (χ2v) is 6.65. The highest BCUT2D eigenvalue weighted by Gasteiger charge is 2.07. The van der Waals surface area contributed by atoms with Gasteiger partial charge in [0, 0.05) is 12.4 Å². The number of nitrogens with zero attached hydrogens (tertiary/aromatic N) is 3. The predicted octanol–water partition coefficient (Wildman–Crippen LogP) is 4.07. The summed E-state index contributed by atoms with van der Waals surface area (Å²) in [6, 6.07) is 15.9. The number of benzene rings is 1. The lowest BCUT2D eigenvalue weighted by atomic mass is 10.1. The molecule has 0 spiro atoms. The maximum atomic E-state index is 5.37. The molecule has 2 N–H and O–H groups in total. The van der Waals surface area contributed by atoms with Crippen molar-refractivity contribution in [3.8, 4) is 0 Å². The molecule has 2 aromatic heterocycles. The van der Waals surface area contributed by atoms with Crippen molar-refractivity contribution in [2.24, 2.45) is 0 Å². The van der Waals surface area contributed by atoms with E-state index < -0.39 is 0 Å². The predicted molar refractivity (Wildman–Crippen MR) is 105 cm³/mol. The standard InChI is InChI=1S/C18H17N5S2/c1-13(14-6-3-2-4-7-14)22-17(24)23-15-8-9-16(21-12-15)25-18-19-10-5-11-20-18/h2-13H,1H3,(H2,22,23,24). The largest absolute Gasteiger partial charge is 0.356 e. The Balaban J connectivity index is 1.55. The van der Waals surface area contributed by atoms with Crippen LogP contribution in [0.1, 0.15) is 18.5 Å². The van der Waals surface area contributed by atoms with E-state index in [2.05, 4.69) is 44.6 Å². The molecule has 0 radical (unpaired) electrons. The summed E-state index contributed by atoms with van der Waals surface area (Å²) in [5, 5.41) is 8.48. The Kier molecular flexibility index (Phi) is 5.92. The fourth-order valence-electron chi connectivity index (χ4n) is 2.14. The summed E-state index contributed by atoms with van der Waals surface area (Å²) in [5.41, 5.74) is 2.01. The molecule has 1 unspecified atom stereocenters. The summed E-state index contributed by atoms with van der Waals surface area (Å²) in [6.07, 6.45) is 5.17. The van der Waals surface area contributed by atoms with Gasteiger partial charge in [-0.05, 0) is 54.7 Å². The molecule has 0 aliphatic heterocycles. The van der Waals surface area contributed by atoms with Crippen molar-refractivity contribution in [1.29, 1.82) is 0 Å². The van der Waals surface area contributed by atoms with Crippen molar-refractivity contribution in [1.82, 2.24) is 20.3 Å².